The van der Waals surface area contributed by atoms with Crippen LogP contribution in [-0.4, -0.2) is 20.9 Å². The molecule has 1 aliphatic rings. The van der Waals surface area contributed by atoms with Gasteiger partial charge < -0.3 is 4.74 Å². The smallest absolute Gasteiger partial charge is 0.326 e. The Bertz CT molecular complexity index is 1170. The number of ether oxygens (including phenoxy) is 1. The van der Waals surface area contributed by atoms with Crippen LogP contribution in [0.1, 0.15) is 16.7 Å². The van der Waals surface area contributed by atoms with Crippen LogP contribution < -0.4 is 13.8 Å². The first-order chi connectivity index (χ1) is 14.4. The number of carbonyl (C=O) groups excluding carboxylic acids is 1. The van der Waals surface area contributed by atoms with Crippen LogP contribution in [0.5, 0.6) is 5.75 Å². The lowest BCUT2D eigenvalue weighted by Gasteiger charge is -2.21. The summed E-state index contributed by atoms with van der Waals surface area (Å²) in [5.74, 6) is -1.44. The van der Waals surface area contributed by atoms with Gasteiger partial charge in [0.15, 0.2) is 5.82 Å². The second kappa shape index (κ2) is 8.16. The van der Waals surface area contributed by atoms with E-state index < -0.39 is 28.5 Å². The lowest BCUT2D eigenvalue weighted by atomic mass is 10.0. The summed E-state index contributed by atoms with van der Waals surface area (Å²) in [5.41, 5.74) is 2.17. The van der Waals surface area contributed by atoms with E-state index >= 15 is 4.39 Å². The zero-order chi connectivity index (χ0) is 21.1. The SMILES string of the molecule is O=C1CN(c2c(F)cc(Cc3ccccc3)cc2OCc2ccccc2)S(=O)(=O)N1. The summed E-state index contributed by atoms with van der Waals surface area (Å²) in [6.45, 7) is -0.379. The summed E-state index contributed by atoms with van der Waals surface area (Å²) < 4.78 is 48.1. The van der Waals surface area contributed by atoms with Gasteiger partial charge in [-0.1, -0.05) is 60.7 Å². The van der Waals surface area contributed by atoms with Gasteiger partial charge in [0.2, 0.25) is 0 Å². The Morgan fingerprint density at radius 1 is 0.933 bits per heavy atom. The molecule has 1 fully saturated rings. The molecular formula is C22H19FN2O4S. The number of nitrogens with zero attached hydrogens (tertiary/aromatic N) is 1. The van der Waals surface area contributed by atoms with E-state index in [4.69, 9.17) is 4.74 Å². The van der Waals surface area contributed by atoms with Gasteiger partial charge in [0.1, 0.15) is 24.6 Å². The molecule has 8 heteroatoms. The standard InChI is InChI=1S/C22H19FN2O4S/c23-19-12-18(11-16-7-3-1-4-8-16)13-20(29-15-17-9-5-2-6-10-17)22(19)25-14-21(26)24-30(25,27)28/h1-10,12-13H,11,14-15H2,(H,24,26). The van der Waals surface area contributed by atoms with E-state index in [0.717, 1.165) is 11.1 Å². The van der Waals surface area contributed by atoms with Crippen LogP contribution in [0.2, 0.25) is 0 Å². The van der Waals surface area contributed by atoms with Crippen LogP contribution in [0.25, 0.3) is 0 Å². The molecule has 30 heavy (non-hydrogen) atoms. The van der Waals surface area contributed by atoms with Gasteiger partial charge in [0, 0.05) is 0 Å². The molecule has 1 aliphatic heterocycles. The summed E-state index contributed by atoms with van der Waals surface area (Å²) in [4.78, 5) is 11.7. The van der Waals surface area contributed by atoms with Crippen LogP contribution in [0.3, 0.4) is 0 Å². The highest BCUT2D eigenvalue weighted by Gasteiger charge is 2.37. The second-order valence-electron chi connectivity index (χ2n) is 6.90. The minimum Gasteiger partial charge on any atom is -0.487 e. The molecule has 154 valence electrons. The fourth-order valence-electron chi connectivity index (χ4n) is 3.29. The molecule has 0 aromatic heterocycles. The number of rotatable bonds is 6. The maximum atomic E-state index is 15.1. The number of nitrogens with one attached hydrogen (secondary N) is 1. The summed E-state index contributed by atoms with van der Waals surface area (Å²) in [7, 11) is -4.18. The normalized spacial score (nSPS) is 15.1. The molecule has 1 heterocycles. The summed E-state index contributed by atoms with van der Waals surface area (Å²) in [6.07, 6.45) is 0.448. The molecule has 0 bridgehead atoms. The molecule has 1 saturated heterocycles. The number of halogens is 1. The van der Waals surface area contributed by atoms with Gasteiger partial charge in [0.05, 0.1) is 0 Å². The minimum absolute atomic E-state index is 0.0601. The molecule has 0 aliphatic carbocycles. The average molecular weight is 426 g/mol. The van der Waals surface area contributed by atoms with Crippen LogP contribution in [0, 0.1) is 5.82 Å². The van der Waals surface area contributed by atoms with Crippen molar-refractivity contribution in [2.45, 2.75) is 13.0 Å². The van der Waals surface area contributed by atoms with Gasteiger partial charge in [-0.15, -0.1) is 0 Å². The molecule has 1 N–H and O–H groups in total. The molecule has 0 unspecified atom stereocenters. The first-order valence-electron chi connectivity index (χ1n) is 9.29. The van der Waals surface area contributed by atoms with Crippen molar-refractivity contribution in [1.29, 1.82) is 0 Å². The Hall–Kier alpha value is -3.39. The number of benzene rings is 3. The molecule has 0 radical (unpaired) electrons. The Morgan fingerprint density at radius 2 is 1.57 bits per heavy atom. The quantitative estimate of drug-likeness (QED) is 0.657. The maximum absolute atomic E-state index is 15.1. The van der Waals surface area contributed by atoms with E-state index in [1.165, 1.54) is 6.07 Å². The number of carbonyl (C=O) groups is 1. The van der Waals surface area contributed by atoms with Crippen molar-refractivity contribution >= 4 is 21.8 Å². The topological polar surface area (TPSA) is 75.7 Å². The highest BCUT2D eigenvalue weighted by molar-refractivity contribution is 7.92. The van der Waals surface area contributed by atoms with Gasteiger partial charge in [0.25, 0.3) is 5.91 Å². The minimum atomic E-state index is -4.18. The van der Waals surface area contributed by atoms with E-state index in [1.54, 1.807) is 6.07 Å². The second-order valence-corrected chi connectivity index (χ2v) is 8.49. The molecule has 3 aromatic rings. The predicted molar refractivity (Wildman–Crippen MR) is 111 cm³/mol. The summed E-state index contributed by atoms with van der Waals surface area (Å²) >= 11 is 0. The molecule has 6 nitrogen and oxygen atoms in total. The lowest BCUT2D eigenvalue weighted by Crippen LogP contribution is -2.30. The Labute approximate surface area is 174 Å². The highest BCUT2D eigenvalue weighted by Crippen LogP contribution is 2.36. The van der Waals surface area contributed by atoms with Crippen molar-refractivity contribution in [3.8, 4) is 5.75 Å². The fourth-order valence-corrected chi connectivity index (χ4v) is 4.46. The van der Waals surface area contributed by atoms with Gasteiger partial charge in [-0.2, -0.15) is 8.42 Å². The summed E-state index contributed by atoms with van der Waals surface area (Å²) in [6, 6.07) is 21.7. The first kappa shape index (κ1) is 19.9. The third-order valence-corrected chi connectivity index (χ3v) is 6.02. The molecule has 3 aromatic carbocycles. The van der Waals surface area contributed by atoms with E-state index in [0.29, 0.717) is 16.3 Å². The zero-order valence-electron chi connectivity index (χ0n) is 15.9. The van der Waals surface area contributed by atoms with Crippen molar-refractivity contribution in [2.24, 2.45) is 0 Å². The first-order valence-corrected chi connectivity index (χ1v) is 10.7. The highest BCUT2D eigenvalue weighted by atomic mass is 32.2. The fraction of sp³-hybridized carbons (Fsp3) is 0.136. The largest absolute Gasteiger partial charge is 0.487 e. The molecule has 4 rings (SSSR count). The van der Waals surface area contributed by atoms with Gasteiger partial charge in [-0.3, -0.25) is 4.79 Å². The maximum Gasteiger partial charge on any atom is 0.326 e. The van der Waals surface area contributed by atoms with Crippen molar-refractivity contribution < 1.29 is 22.3 Å². The van der Waals surface area contributed by atoms with Gasteiger partial charge in [-0.05, 0) is 35.2 Å². The van der Waals surface area contributed by atoms with Crippen LogP contribution in [0.15, 0.2) is 72.8 Å². The molecular weight excluding hydrogens is 407 g/mol. The van der Waals surface area contributed by atoms with Gasteiger partial charge >= 0.3 is 10.2 Å². The molecule has 1 amide bonds. The van der Waals surface area contributed by atoms with Crippen molar-refractivity contribution in [2.75, 3.05) is 10.8 Å². The Morgan fingerprint density at radius 3 is 2.17 bits per heavy atom. The predicted octanol–water partition coefficient (Wildman–Crippen LogP) is 3.18. The summed E-state index contributed by atoms with van der Waals surface area (Å²) in [5, 5.41) is 0. The zero-order valence-corrected chi connectivity index (χ0v) is 16.7. The van der Waals surface area contributed by atoms with E-state index in [1.807, 2.05) is 65.4 Å². The molecule has 0 spiro atoms. The average Bonchev–Trinajstić information content (AvgIpc) is 2.99. The monoisotopic (exact) mass is 426 g/mol. The third kappa shape index (κ3) is 4.28. The Kier molecular flexibility index (Phi) is 5.41. The van der Waals surface area contributed by atoms with E-state index in [9.17, 15) is 13.2 Å². The van der Waals surface area contributed by atoms with Crippen LogP contribution in [0.4, 0.5) is 10.1 Å². The molecule has 0 saturated carbocycles. The third-order valence-electron chi connectivity index (χ3n) is 4.65. The van der Waals surface area contributed by atoms with Crippen molar-refractivity contribution in [3.05, 3.63) is 95.3 Å². The van der Waals surface area contributed by atoms with Crippen molar-refractivity contribution in [1.82, 2.24) is 4.72 Å². The van der Waals surface area contributed by atoms with Crippen LogP contribution in [-0.2, 0) is 28.0 Å². The Balaban J connectivity index is 1.73. The molecule has 0 atom stereocenters. The van der Waals surface area contributed by atoms with E-state index in [2.05, 4.69) is 0 Å². The number of amides is 1. The van der Waals surface area contributed by atoms with Crippen LogP contribution >= 0.6 is 0 Å². The lowest BCUT2D eigenvalue weighted by molar-refractivity contribution is -0.117. The number of hydrogen-bond acceptors (Lipinski definition) is 4. The number of hydrogen-bond donors (Lipinski definition) is 1. The number of anilines is 1. The van der Waals surface area contributed by atoms with Gasteiger partial charge in [-0.25, -0.2) is 13.4 Å². The van der Waals surface area contributed by atoms with Crippen molar-refractivity contribution in [3.63, 3.8) is 0 Å². The van der Waals surface area contributed by atoms with E-state index in [-0.39, 0.29) is 18.0 Å².